The Hall–Kier alpha value is -0.561. The molecule has 5 heteroatoms. The first kappa shape index (κ1) is 5.98. The summed E-state index contributed by atoms with van der Waals surface area (Å²) < 4.78 is 16.9. The van der Waals surface area contributed by atoms with Gasteiger partial charge in [-0.2, -0.15) is 0 Å². The van der Waals surface area contributed by atoms with Crippen molar-refractivity contribution in [2.75, 3.05) is 0 Å². The third kappa shape index (κ3) is 0.411. The summed E-state index contributed by atoms with van der Waals surface area (Å²) in [5, 5.41) is 3.90. The Morgan fingerprint density at radius 2 is 2.33 bits per heavy atom. The molecular formula is C7H2NO2PSe. The molecule has 2 bridgehead atoms. The summed E-state index contributed by atoms with van der Waals surface area (Å²) in [4.78, 5) is 6.23. The van der Waals surface area contributed by atoms with E-state index in [0.717, 1.165) is 27.6 Å². The molecule has 5 rings (SSSR count). The number of hydrogen-bond acceptors (Lipinski definition) is 3. The molecule has 2 aromatic rings. The topological polar surface area (TPSA) is 43.1 Å². The van der Waals surface area contributed by atoms with Crippen LogP contribution in [0.15, 0.2) is 14.4 Å². The second kappa shape index (κ2) is 1.44. The predicted molar refractivity (Wildman–Crippen MR) is 45.4 cm³/mol. The second-order valence-electron chi connectivity index (χ2n) is 2.92. The molecule has 2 aromatic heterocycles. The van der Waals surface area contributed by atoms with Crippen LogP contribution >= 0.6 is 7.14 Å². The van der Waals surface area contributed by atoms with E-state index >= 15 is 0 Å². The van der Waals surface area contributed by atoms with Crippen molar-refractivity contribution in [3.8, 4) is 11.5 Å². The van der Waals surface area contributed by atoms with Gasteiger partial charge >= 0.3 is 73.2 Å². The Balaban J connectivity index is 2.06. The number of rotatable bonds is 1. The van der Waals surface area contributed by atoms with Gasteiger partial charge in [-0.25, -0.2) is 0 Å². The zero-order chi connectivity index (χ0) is 7.92. The molecular weight excluding hydrogens is 240 g/mol. The van der Waals surface area contributed by atoms with E-state index in [0.29, 0.717) is 14.5 Å². The van der Waals surface area contributed by atoms with E-state index in [-0.39, 0.29) is 0 Å². The predicted octanol–water partition coefficient (Wildman–Crippen LogP) is -0.335. The number of aromatic nitrogens is 1. The Bertz CT molecular complexity index is 545. The van der Waals surface area contributed by atoms with E-state index in [2.05, 4.69) is 9.92 Å². The van der Waals surface area contributed by atoms with Crippen LogP contribution in [-0.4, -0.2) is 19.5 Å². The summed E-state index contributed by atoms with van der Waals surface area (Å²) in [5.41, 5.74) is 1.66. The molecule has 12 heavy (non-hydrogen) atoms. The van der Waals surface area contributed by atoms with Crippen molar-refractivity contribution in [3.05, 3.63) is 10.0 Å². The van der Waals surface area contributed by atoms with Gasteiger partial charge in [-0.1, -0.05) is 0 Å². The van der Waals surface area contributed by atoms with Gasteiger partial charge in [0.2, 0.25) is 0 Å². The van der Waals surface area contributed by atoms with Crippen molar-refractivity contribution in [2.24, 2.45) is 0 Å². The fourth-order valence-corrected chi connectivity index (χ4v) is 5.21. The SMILES string of the molecule is O=P12c3oc(-c4c[se]cn4)c1c32. The number of nitrogens with zero attached hydrogens (tertiary/aromatic N) is 1. The average Bonchev–Trinajstić information content (AvgIpc) is 2.75. The van der Waals surface area contributed by atoms with Gasteiger partial charge in [0.1, 0.15) is 0 Å². The molecule has 5 heterocycles. The molecule has 3 nitrogen and oxygen atoms in total. The maximum absolute atomic E-state index is 11.6. The number of hydrogen-bond donors (Lipinski definition) is 0. The minimum absolute atomic E-state index is 0.373. The molecule has 1 unspecified atom stereocenters. The maximum atomic E-state index is 11.6. The summed E-state index contributed by atoms with van der Waals surface area (Å²) in [6, 6.07) is 0. The van der Waals surface area contributed by atoms with Crippen molar-refractivity contribution in [3.63, 3.8) is 0 Å². The van der Waals surface area contributed by atoms with Gasteiger partial charge in [-0.15, -0.1) is 0 Å². The third-order valence-corrected chi connectivity index (χ3v) is 6.10. The first-order valence-corrected chi connectivity index (χ1v) is 7.19. The van der Waals surface area contributed by atoms with Crippen molar-refractivity contribution < 1.29 is 8.98 Å². The summed E-state index contributed by atoms with van der Waals surface area (Å²) >= 11 is 0.373. The van der Waals surface area contributed by atoms with Crippen LogP contribution in [0.2, 0.25) is 0 Å². The van der Waals surface area contributed by atoms with Crippen LogP contribution in [0.5, 0.6) is 0 Å². The van der Waals surface area contributed by atoms with Crippen molar-refractivity contribution in [2.45, 2.75) is 0 Å². The van der Waals surface area contributed by atoms with Gasteiger partial charge in [0, 0.05) is 0 Å². The second-order valence-corrected chi connectivity index (χ2v) is 6.94. The molecule has 0 saturated carbocycles. The molecule has 58 valence electrons. The van der Waals surface area contributed by atoms with Crippen LogP contribution in [0.1, 0.15) is 0 Å². The summed E-state index contributed by atoms with van der Waals surface area (Å²) in [7, 11) is -2.02. The molecule has 0 saturated heterocycles. The third-order valence-electron chi connectivity index (χ3n) is 2.32. The van der Waals surface area contributed by atoms with Crippen molar-refractivity contribution >= 4 is 37.8 Å². The number of furan rings is 1. The van der Waals surface area contributed by atoms with Crippen LogP contribution in [0.4, 0.5) is 0 Å². The Kier molecular flexibility index (Phi) is 0.716. The van der Waals surface area contributed by atoms with Gasteiger partial charge in [0.15, 0.2) is 0 Å². The van der Waals surface area contributed by atoms with Gasteiger partial charge in [0.05, 0.1) is 0 Å². The molecule has 0 aromatic carbocycles. The van der Waals surface area contributed by atoms with E-state index in [1.807, 2.05) is 5.07 Å². The normalized spacial score (nSPS) is 27.0. The first-order valence-electron chi connectivity index (χ1n) is 3.50. The molecule has 0 radical (unpaired) electrons. The first-order chi connectivity index (χ1) is 5.83. The van der Waals surface area contributed by atoms with E-state index in [4.69, 9.17) is 4.42 Å². The quantitative estimate of drug-likeness (QED) is 0.339. The van der Waals surface area contributed by atoms with Crippen LogP contribution in [-0.2, 0) is 4.57 Å². The molecule has 3 aliphatic heterocycles. The molecule has 1 atom stereocenters. The molecule has 0 spiro atoms. The Morgan fingerprint density at radius 1 is 1.50 bits per heavy atom. The van der Waals surface area contributed by atoms with Gasteiger partial charge in [-0.3, -0.25) is 0 Å². The van der Waals surface area contributed by atoms with E-state index in [1.165, 1.54) is 0 Å². The molecule has 0 N–H and O–H groups in total. The van der Waals surface area contributed by atoms with Crippen LogP contribution in [0.25, 0.3) is 11.5 Å². The van der Waals surface area contributed by atoms with Crippen LogP contribution < -0.4 is 16.1 Å². The van der Waals surface area contributed by atoms with E-state index < -0.39 is 7.14 Å². The summed E-state index contributed by atoms with van der Waals surface area (Å²) in [6.07, 6.45) is 0. The summed E-state index contributed by atoms with van der Waals surface area (Å²) in [6.45, 7) is 0. The molecule has 0 fully saturated rings. The number of fused-ring (bicyclic) bond motifs is 1. The van der Waals surface area contributed by atoms with Gasteiger partial charge in [0.25, 0.3) is 0 Å². The fourth-order valence-electron chi connectivity index (χ4n) is 1.60. The van der Waals surface area contributed by atoms with Crippen molar-refractivity contribution in [1.82, 2.24) is 4.98 Å². The standard InChI is InChI=1S/C7H2NO2PSe/c9-11-5-4(3-1-12-2-8-3)10-7(11)6(5)11/h1-2H. The zero-order valence-electron chi connectivity index (χ0n) is 5.77. The van der Waals surface area contributed by atoms with E-state index in [1.54, 1.807) is 0 Å². The van der Waals surface area contributed by atoms with Crippen LogP contribution in [0.3, 0.4) is 0 Å². The summed E-state index contributed by atoms with van der Waals surface area (Å²) in [5.74, 6) is 0.791. The Morgan fingerprint density at radius 3 is 2.83 bits per heavy atom. The van der Waals surface area contributed by atoms with Gasteiger partial charge in [-0.05, 0) is 0 Å². The zero-order valence-corrected chi connectivity index (χ0v) is 8.38. The van der Waals surface area contributed by atoms with Gasteiger partial charge < -0.3 is 0 Å². The fraction of sp³-hybridized carbons (Fsp3) is 0. The Labute approximate surface area is 73.5 Å². The molecule has 0 aliphatic carbocycles. The average molecular weight is 242 g/mol. The van der Waals surface area contributed by atoms with Crippen molar-refractivity contribution in [1.29, 1.82) is 0 Å². The molecule has 3 aliphatic rings. The van der Waals surface area contributed by atoms with Crippen LogP contribution in [0, 0.1) is 0 Å². The monoisotopic (exact) mass is 243 g/mol. The molecule has 0 amide bonds. The van der Waals surface area contributed by atoms with E-state index in [9.17, 15) is 4.57 Å². The minimum atomic E-state index is -2.02.